The summed E-state index contributed by atoms with van der Waals surface area (Å²) in [5, 5.41) is 2.93. The van der Waals surface area contributed by atoms with Gasteiger partial charge in [-0.2, -0.15) is 0 Å². The van der Waals surface area contributed by atoms with Gasteiger partial charge in [0.1, 0.15) is 17.5 Å². The predicted octanol–water partition coefficient (Wildman–Crippen LogP) is 4.18. The van der Waals surface area contributed by atoms with Crippen molar-refractivity contribution < 1.29 is 14.3 Å². The quantitative estimate of drug-likeness (QED) is 0.862. The molecule has 6 heteroatoms. The van der Waals surface area contributed by atoms with Crippen molar-refractivity contribution in [3.8, 4) is 11.5 Å². The highest BCUT2D eigenvalue weighted by atomic mass is 32.2. The van der Waals surface area contributed by atoms with Gasteiger partial charge in [-0.15, -0.1) is 11.8 Å². The van der Waals surface area contributed by atoms with Crippen LogP contribution >= 0.6 is 11.8 Å². The minimum atomic E-state index is -0.404. The number of aryl methyl sites for hydroxylation is 1. The van der Waals surface area contributed by atoms with E-state index in [1.807, 2.05) is 62.4 Å². The molecule has 0 aromatic heterocycles. The number of thioether (sulfide) groups is 1. The van der Waals surface area contributed by atoms with Gasteiger partial charge >= 0.3 is 0 Å². The molecule has 2 heterocycles. The Hall–Kier alpha value is -2.47. The SMILES string of the molecule is Cc1cccc(Oc2ccc(NC(=O)[C@H]3CS[C@@]4(C)CCC(=O)N34)cc2)c1. The van der Waals surface area contributed by atoms with Crippen LogP contribution < -0.4 is 10.1 Å². The zero-order valence-electron chi connectivity index (χ0n) is 15.4. The molecule has 2 saturated heterocycles. The molecule has 2 aliphatic heterocycles. The van der Waals surface area contributed by atoms with E-state index in [1.165, 1.54) is 0 Å². The van der Waals surface area contributed by atoms with E-state index in [-0.39, 0.29) is 16.7 Å². The summed E-state index contributed by atoms with van der Waals surface area (Å²) in [5.74, 6) is 2.07. The molecule has 0 aliphatic carbocycles. The first-order chi connectivity index (χ1) is 12.9. The second-order valence-electron chi connectivity index (χ2n) is 7.20. The third-order valence-electron chi connectivity index (χ3n) is 5.09. The molecule has 2 fully saturated rings. The maximum absolute atomic E-state index is 12.7. The third kappa shape index (κ3) is 3.54. The van der Waals surface area contributed by atoms with Gasteiger partial charge in [-0.1, -0.05) is 12.1 Å². The summed E-state index contributed by atoms with van der Waals surface area (Å²) >= 11 is 1.70. The summed E-state index contributed by atoms with van der Waals surface area (Å²) in [6.45, 7) is 4.07. The average molecular weight is 382 g/mol. The Morgan fingerprint density at radius 2 is 2.00 bits per heavy atom. The van der Waals surface area contributed by atoms with Crippen LogP contribution in [0.15, 0.2) is 48.5 Å². The van der Waals surface area contributed by atoms with E-state index in [0.29, 0.717) is 23.6 Å². The van der Waals surface area contributed by atoms with Crippen molar-refractivity contribution in [3.05, 3.63) is 54.1 Å². The number of anilines is 1. The Kier molecular flexibility index (Phi) is 4.60. The van der Waals surface area contributed by atoms with Gasteiger partial charge in [0.2, 0.25) is 11.8 Å². The monoisotopic (exact) mass is 382 g/mol. The van der Waals surface area contributed by atoms with Crippen LogP contribution in [0.3, 0.4) is 0 Å². The molecule has 0 saturated carbocycles. The minimum absolute atomic E-state index is 0.0737. The number of benzene rings is 2. The Labute approximate surface area is 163 Å². The molecular weight excluding hydrogens is 360 g/mol. The second kappa shape index (κ2) is 6.93. The number of fused-ring (bicyclic) bond motifs is 1. The number of nitrogens with zero attached hydrogens (tertiary/aromatic N) is 1. The largest absolute Gasteiger partial charge is 0.457 e. The van der Waals surface area contributed by atoms with Crippen molar-refractivity contribution in [2.45, 2.75) is 37.6 Å². The molecule has 2 aromatic rings. The summed E-state index contributed by atoms with van der Waals surface area (Å²) in [6, 6.07) is 14.7. The number of hydrogen-bond donors (Lipinski definition) is 1. The Bertz CT molecular complexity index is 883. The molecule has 0 spiro atoms. The standard InChI is InChI=1S/C21H22N2O3S/c1-14-4-3-5-17(12-14)26-16-8-6-15(7-9-16)22-20(25)18-13-27-21(2)11-10-19(24)23(18)21/h3-9,12,18H,10-11,13H2,1-2H3,(H,22,25)/t18-,21+/m1/s1. The van der Waals surface area contributed by atoms with Gasteiger partial charge in [0.05, 0.1) is 4.87 Å². The molecule has 0 unspecified atom stereocenters. The molecule has 2 aliphatic rings. The van der Waals surface area contributed by atoms with Crippen LogP contribution in [0.5, 0.6) is 11.5 Å². The van der Waals surface area contributed by atoms with Crippen molar-refractivity contribution in [3.63, 3.8) is 0 Å². The summed E-state index contributed by atoms with van der Waals surface area (Å²) in [5.41, 5.74) is 1.83. The zero-order chi connectivity index (χ0) is 19.0. The number of amides is 2. The fourth-order valence-electron chi connectivity index (χ4n) is 3.66. The summed E-state index contributed by atoms with van der Waals surface area (Å²) in [7, 11) is 0. The maximum atomic E-state index is 12.7. The van der Waals surface area contributed by atoms with Crippen LogP contribution in [0.4, 0.5) is 5.69 Å². The number of carbonyl (C=O) groups excluding carboxylic acids is 2. The van der Waals surface area contributed by atoms with E-state index in [2.05, 4.69) is 5.32 Å². The Balaban J connectivity index is 1.41. The molecule has 2 aromatic carbocycles. The highest BCUT2D eigenvalue weighted by Crippen LogP contribution is 2.47. The van der Waals surface area contributed by atoms with Crippen molar-refractivity contribution in [1.82, 2.24) is 4.90 Å². The summed E-state index contributed by atoms with van der Waals surface area (Å²) in [4.78, 5) is 26.4. The van der Waals surface area contributed by atoms with Crippen LogP contribution in [0.2, 0.25) is 0 Å². The molecule has 1 N–H and O–H groups in total. The Morgan fingerprint density at radius 1 is 1.22 bits per heavy atom. The summed E-state index contributed by atoms with van der Waals surface area (Å²) < 4.78 is 5.83. The van der Waals surface area contributed by atoms with Crippen LogP contribution in [-0.2, 0) is 9.59 Å². The van der Waals surface area contributed by atoms with E-state index in [9.17, 15) is 9.59 Å². The zero-order valence-corrected chi connectivity index (χ0v) is 16.2. The minimum Gasteiger partial charge on any atom is -0.457 e. The van der Waals surface area contributed by atoms with Gasteiger partial charge in [-0.05, 0) is 62.2 Å². The smallest absolute Gasteiger partial charge is 0.248 e. The average Bonchev–Trinajstić information content (AvgIpc) is 3.13. The van der Waals surface area contributed by atoms with Crippen LogP contribution in [-0.4, -0.2) is 33.4 Å². The molecule has 0 radical (unpaired) electrons. The van der Waals surface area contributed by atoms with Gasteiger partial charge in [-0.25, -0.2) is 0 Å². The van der Waals surface area contributed by atoms with Crippen LogP contribution in [0, 0.1) is 6.92 Å². The van der Waals surface area contributed by atoms with Crippen molar-refractivity contribution in [2.75, 3.05) is 11.1 Å². The molecule has 2 amide bonds. The fraction of sp³-hybridized carbons (Fsp3) is 0.333. The van der Waals surface area contributed by atoms with E-state index in [1.54, 1.807) is 16.7 Å². The van der Waals surface area contributed by atoms with Crippen LogP contribution in [0.1, 0.15) is 25.3 Å². The lowest BCUT2D eigenvalue weighted by Gasteiger charge is -2.29. The van der Waals surface area contributed by atoms with Gasteiger partial charge in [0, 0.05) is 17.9 Å². The van der Waals surface area contributed by atoms with E-state index in [0.717, 1.165) is 17.7 Å². The van der Waals surface area contributed by atoms with E-state index >= 15 is 0 Å². The van der Waals surface area contributed by atoms with Crippen molar-refractivity contribution in [2.24, 2.45) is 0 Å². The highest BCUT2D eigenvalue weighted by molar-refractivity contribution is 8.01. The molecule has 2 atom stereocenters. The van der Waals surface area contributed by atoms with Gasteiger partial charge in [-0.3, -0.25) is 9.59 Å². The van der Waals surface area contributed by atoms with Gasteiger partial charge in [0.15, 0.2) is 0 Å². The first-order valence-corrected chi connectivity index (χ1v) is 10.0. The predicted molar refractivity (Wildman–Crippen MR) is 107 cm³/mol. The summed E-state index contributed by atoms with van der Waals surface area (Å²) in [6.07, 6.45) is 1.34. The maximum Gasteiger partial charge on any atom is 0.248 e. The van der Waals surface area contributed by atoms with E-state index in [4.69, 9.17) is 4.74 Å². The number of nitrogens with one attached hydrogen (secondary N) is 1. The highest BCUT2D eigenvalue weighted by Gasteiger charge is 2.52. The lowest BCUT2D eigenvalue weighted by Crippen LogP contribution is -2.48. The molecule has 5 nitrogen and oxygen atoms in total. The third-order valence-corrected chi connectivity index (χ3v) is 6.60. The molecule has 140 valence electrons. The topological polar surface area (TPSA) is 58.6 Å². The van der Waals surface area contributed by atoms with Gasteiger partial charge in [0.25, 0.3) is 0 Å². The number of carbonyl (C=O) groups is 2. The van der Waals surface area contributed by atoms with Crippen molar-refractivity contribution >= 4 is 29.3 Å². The van der Waals surface area contributed by atoms with E-state index < -0.39 is 6.04 Å². The second-order valence-corrected chi connectivity index (χ2v) is 8.70. The van der Waals surface area contributed by atoms with Gasteiger partial charge < -0.3 is 15.0 Å². The lowest BCUT2D eigenvalue weighted by atomic mass is 10.2. The molecule has 0 bridgehead atoms. The normalized spacial score (nSPS) is 24.0. The fourth-order valence-corrected chi connectivity index (χ4v) is 5.09. The first-order valence-electron chi connectivity index (χ1n) is 9.06. The molecule has 4 rings (SSSR count). The van der Waals surface area contributed by atoms with Crippen LogP contribution in [0.25, 0.3) is 0 Å². The number of hydrogen-bond acceptors (Lipinski definition) is 4. The molecule has 27 heavy (non-hydrogen) atoms. The lowest BCUT2D eigenvalue weighted by molar-refractivity contribution is -0.135. The first kappa shape index (κ1) is 17.9. The Morgan fingerprint density at radius 3 is 2.74 bits per heavy atom. The van der Waals surface area contributed by atoms with Crippen molar-refractivity contribution in [1.29, 1.82) is 0 Å². The molecular formula is C21H22N2O3S. The number of rotatable bonds is 4. The number of ether oxygens (including phenoxy) is 1.